The molecule has 0 aromatic heterocycles. The zero-order valence-electron chi connectivity index (χ0n) is 15.5. The second kappa shape index (κ2) is 7.73. The van der Waals surface area contributed by atoms with E-state index in [0.717, 1.165) is 42.4 Å². The maximum atomic E-state index is 12.2. The van der Waals surface area contributed by atoms with Crippen LogP contribution in [0.2, 0.25) is 0 Å². The minimum Gasteiger partial charge on any atom is -0.508 e. The molecule has 152 valence electrons. The highest BCUT2D eigenvalue weighted by Crippen LogP contribution is 2.29. The van der Waals surface area contributed by atoms with E-state index in [1.54, 1.807) is 12.1 Å². The highest BCUT2D eigenvalue weighted by molar-refractivity contribution is 5.87. The molecule has 0 unspecified atom stereocenters. The number of benzene rings is 3. The van der Waals surface area contributed by atoms with Crippen molar-refractivity contribution in [2.75, 3.05) is 18.0 Å². The number of ether oxygens (including phenoxy) is 2. The second-order valence-electron chi connectivity index (χ2n) is 7.04. The maximum Gasteiger partial charge on any atom is 0.573 e. The van der Waals surface area contributed by atoms with Crippen LogP contribution >= 0.6 is 0 Å². The van der Waals surface area contributed by atoms with Crippen molar-refractivity contribution < 1.29 is 27.8 Å². The third-order valence-corrected chi connectivity index (χ3v) is 4.97. The Hall–Kier alpha value is -3.09. The van der Waals surface area contributed by atoms with Gasteiger partial charge in [-0.05, 0) is 59.3 Å². The lowest BCUT2D eigenvalue weighted by atomic mass is 10.0. The number of rotatable bonds is 4. The van der Waals surface area contributed by atoms with Crippen LogP contribution in [0.15, 0.2) is 60.7 Å². The Labute approximate surface area is 166 Å². The van der Waals surface area contributed by atoms with Crippen LogP contribution in [0.3, 0.4) is 0 Å². The molecular weight excluding hydrogens is 383 g/mol. The largest absolute Gasteiger partial charge is 0.573 e. The Morgan fingerprint density at radius 1 is 0.828 bits per heavy atom. The van der Waals surface area contributed by atoms with E-state index in [9.17, 15) is 18.3 Å². The second-order valence-corrected chi connectivity index (χ2v) is 7.04. The molecule has 0 spiro atoms. The van der Waals surface area contributed by atoms with E-state index < -0.39 is 6.36 Å². The topological polar surface area (TPSA) is 41.9 Å². The first-order valence-corrected chi connectivity index (χ1v) is 9.36. The zero-order valence-corrected chi connectivity index (χ0v) is 15.5. The van der Waals surface area contributed by atoms with Gasteiger partial charge in [0.1, 0.15) is 23.4 Å². The van der Waals surface area contributed by atoms with Gasteiger partial charge < -0.3 is 19.5 Å². The lowest BCUT2D eigenvalue weighted by Gasteiger charge is -2.34. The Morgan fingerprint density at radius 3 is 2.14 bits per heavy atom. The van der Waals surface area contributed by atoms with Gasteiger partial charge in [0.25, 0.3) is 0 Å². The van der Waals surface area contributed by atoms with Crippen LogP contribution < -0.4 is 14.4 Å². The first-order chi connectivity index (χ1) is 13.9. The predicted molar refractivity (Wildman–Crippen MR) is 105 cm³/mol. The minimum atomic E-state index is -4.70. The molecule has 1 heterocycles. The predicted octanol–water partition coefficient (Wildman–Crippen LogP) is 5.49. The van der Waals surface area contributed by atoms with Gasteiger partial charge in [-0.15, -0.1) is 13.2 Å². The number of halogens is 3. The normalized spacial score (nSPS) is 15.5. The van der Waals surface area contributed by atoms with Gasteiger partial charge >= 0.3 is 6.36 Å². The molecule has 0 atom stereocenters. The molecule has 1 aliphatic heterocycles. The van der Waals surface area contributed by atoms with E-state index >= 15 is 0 Å². The van der Waals surface area contributed by atoms with Crippen LogP contribution in [0.5, 0.6) is 17.2 Å². The van der Waals surface area contributed by atoms with Crippen molar-refractivity contribution in [3.8, 4) is 17.2 Å². The summed E-state index contributed by atoms with van der Waals surface area (Å²) in [4.78, 5) is 2.28. The molecule has 0 saturated carbocycles. The van der Waals surface area contributed by atoms with Gasteiger partial charge in [-0.3, -0.25) is 0 Å². The fraction of sp³-hybridized carbons (Fsp3) is 0.273. The van der Waals surface area contributed by atoms with E-state index in [-0.39, 0.29) is 17.6 Å². The lowest BCUT2D eigenvalue weighted by Crippen LogP contribution is -2.38. The van der Waals surface area contributed by atoms with Gasteiger partial charge in [-0.2, -0.15) is 0 Å². The molecule has 1 aliphatic rings. The van der Waals surface area contributed by atoms with E-state index in [1.807, 2.05) is 18.2 Å². The Morgan fingerprint density at radius 2 is 1.45 bits per heavy atom. The molecule has 3 aromatic carbocycles. The van der Waals surface area contributed by atoms with Gasteiger partial charge in [0, 0.05) is 31.6 Å². The van der Waals surface area contributed by atoms with Crippen molar-refractivity contribution in [3.05, 3.63) is 60.7 Å². The van der Waals surface area contributed by atoms with Gasteiger partial charge in [0.05, 0.1) is 0 Å². The minimum absolute atomic E-state index is 0.0121. The molecule has 1 fully saturated rings. The molecule has 4 rings (SSSR count). The average molecular weight is 403 g/mol. The van der Waals surface area contributed by atoms with E-state index in [0.29, 0.717) is 5.75 Å². The van der Waals surface area contributed by atoms with Crippen molar-refractivity contribution in [2.24, 2.45) is 0 Å². The molecule has 29 heavy (non-hydrogen) atoms. The quantitative estimate of drug-likeness (QED) is 0.625. The highest BCUT2D eigenvalue weighted by atomic mass is 19.4. The van der Waals surface area contributed by atoms with Crippen LogP contribution in [0.25, 0.3) is 10.8 Å². The van der Waals surface area contributed by atoms with Crippen molar-refractivity contribution in [3.63, 3.8) is 0 Å². The maximum absolute atomic E-state index is 12.2. The molecule has 7 heteroatoms. The molecule has 0 amide bonds. The van der Waals surface area contributed by atoms with Gasteiger partial charge in [-0.1, -0.05) is 12.1 Å². The van der Waals surface area contributed by atoms with Crippen molar-refractivity contribution >= 4 is 16.5 Å². The fourth-order valence-corrected chi connectivity index (χ4v) is 3.56. The summed E-state index contributed by atoms with van der Waals surface area (Å²) in [5.41, 5.74) is 1.12. The summed E-state index contributed by atoms with van der Waals surface area (Å²) < 4.78 is 46.5. The fourth-order valence-electron chi connectivity index (χ4n) is 3.56. The van der Waals surface area contributed by atoms with Crippen LogP contribution in [-0.4, -0.2) is 30.7 Å². The lowest BCUT2D eigenvalue weighted by molar-refractivity contribution is -0.274. The van der Waals surface area contributed by atoms with E-state index in [1.165, 1.54) is 24.3 Å². The van der Waals surface area contributed by atoms with Crippen LogP contribution in [0.4, 0.5) is 18.9 Å². The molecule has 4 nitrogen and oxygen atoms in total. The van der Waals surface area contributed by atoms with Crippen molar-refractivity contribution in [1.29, 1.82) is 0 Å². The summed E-state index contributed by atoms with van der Waals surface area (Å²) in [7, 11) is 0. The van der Waals surface area contributed by atoms with Crippen molar-refractivity contribution in [1.82, 2.24) is 0 Å². The summed E-state index contributed by atoms with van der Waals surface area (Å²) >= 11 is 0. The zero-order chi connectivity index (χ0) is 20.4. The molecule has 3 aromatic rings. The summed E-state index contributed by atoms with van der Waals surface area (Å²) in [5.74, 6) is 0.522. The van der Waals surface area contributed by atoms with Gasteiger partial charge in [0.2, 0.25) is 0 Å². The van der Waals surface area contributed by atoms with Gasteiger partial charge in [0.15, 0.2) is 0 Å². The number of phenols is 1. The SMILES string of the molecule is Oc1ccc2cc(N3CCC(Oc4ccc(OC(F)(F)F)cc4)CC3)ccc2c1. The highest BCUT2D eigenvalue weighted by Gasteiger charge is 2.31. The number of anilines is 1. The number of hydrogen-bond donors (Lipinski definition) is 1. The monoisotopic (exact) mass is 403 g/mol. The number of phenolic OH excluding ortho intramolecular Hbond substituents is 1. The third-order valence-electron chi connectivity index (χ3n) is 4.97. The van der Waals surface area contributed by atoms with Gasteiger partial charge in [-0.25, -0.2) is 0 Å². The number of alkyl halides is 3. The Kier molecular flexibility index (Phi) is 5.13. The van der Waals surface area contributed by atoms with Crippen LogP contribution in [-0.2, 0) is 0 Å². The van der Waals surface area contributed by atoms with E-state index in [2.05, 4.69) is 15.7 Å². The van der Waals surface area contributed by atoms with Crippen molar-refractivity contribution in [2.45, 2.75) is 25.3 Å². The first-order valence-electron chi connectivity index (χ1n) is 9.36. The number of fused-ring (bicyclic) bond motifs is 1. The molecule has 0 aliphatic carbocycles. The standard InChI is InChI=1S/C22H20F3NO3/c23-22(24,25)29-21-7-5-19(6-8-21)28-20-9-11-26(12-10-20)17-3-1-16-14-18(27)4-2-15(16)13-17/h1-8,13-14,20,27H,9-12H2. The number of aromatic hydroxyl groups is 1. The average Bonchev–Trinajstić information content (AvgIpc) is 2.69. The summed E-state index contributed by atoms with van der Waals surface area (Å²) in [6.07, 6.45) is -3.06. The molecule has 0 radical (unpaired) electrons. The molecule has 0 bridgehead atoms. The summed E-state index contributed by atoms with van der Waals surface area (Å²) in [5, 5.41) is 11.6. The van der Waals surface area contributed by atoms with Crippen LogP contribution in [0.1, 0.15) is 12.8 Å². The van der Waals surface area contributed by atoms with E-state index in [4.69, 9.17) is 4.74 Å². The molecular formula is C22H20F3NO3. The molecule has 1 saturated heterocycles. The first kappa shape index (κ1) is 19.2. The molecule has 1 N–H and O–H groups in total. The number of nitrogens with zero attached hydrogens (tertiary/aromatic N) is 1. The Bertz CT molecular complexity index is 981. The third kappa shape index (κ3) is 4.85. The Balaban J connectivity index is 1.34. The smallest absolute Gasteiger partial charge is 0.508 e. The summed E-state index contributed by atoms with van der Waals surface area (Å²) in [6.45, 7) is 1.65. The summed E-state index contributed by atoms with van der Waals surface area (Å²) in [6, 6.07) is 17.0. The number of hydrogen-bond acceptors (Lipinski definition) is 4. The van der Waals surface area contributed by atoms with Crippen LogP contribution in [0, 0.1) is 0 Å². The number of piperidine rings is 1.